The molecule has 174 valence electrons. The predicted octanol–water partition coefficient (Wildman–Crippen LogP) is 5.89. The third-order valence-corrected chi connectivity index (χ3v) is 6.79. The van der Waals surface area contributed by atoms with E-state index in [0.29, 0.717) is 44.0 Å². The van der Waals surface area contributed by atoms with E-state index in [0.717, 1.165) is 36.6 Å². The van der Waals surface area contributed by atoms with Gasteiger partial charge in [0.15, 0.2) is 0 Å². The van der Waals surface area contributed by atoms with Crippen LogP contribution in [-0.2, 0) is 4.74 Å². The van der Waals surface area contributed by atoms with Crippen LogP contribution in [0.15, 0.2) is 65.6 Å². The van der Waals surface area contributed by atoms with E-state index in [1.54, 1.807) is 18.3 Å². The molecule has 7 nitrogen and oxygen atoms in total. The summed E-state index contributed by atoms with van der Waals surface area (Å²) in [6, 6.07) is 16.3. The molecular weight excluding hydrogens is 464 g/mol. The lowest BCUT2D eigenvalue weighted by Gasteiger charge is -2.19. The number of hydrogen-bond acceptors (Lipinski definition) is 5. The number of ether oxygens (including phenoxy) is 1. The van der Waals surface area contributed by atoms with Gasteiger partial charge in [0, 0.05) is 28.0 Å². The largest absolute Gasteiger partial charge is 0.459 e. The van der Waals surface area contributed by atoms with Crippen molar-refractivity contribution in [3.63, 3.8) is 0 Å². The van der Waals surface area contributed by atoms with Crippen LogP contribution in [0, 0.1) is 0 Å². The molecule has 3 aromatic heterocycles. The van der Waals surface area contributed by atoms with Crippen LogP contribution in [0.3, 0.4) is 0 Å². The fraction of sp³-hybridized carbons (Fsp3) is 0.185. The number of rotatable bonds is 4. The molecular formula is C27H21ClN4O3. The average Bonchev–Trinajstić information content (AvgIpc) is 3.55. The van der Waals surface area contributed by atoms with Gasteiger partial charge in [0.05, 0.1) is 28.0 Å². The van der Waals surface area contributed by atoms with Gasteiger partial charge in [0.25, 0.3) is 0 Å². The predicted molar refractivity (Wildman–Crippen MR) is 136 cm³/mol. The average molecular weight is 485 g/mol. The topological polar surface area (TPSA) is 101 Å². The van der Waals surface area contributed by atoms with E-state index in [-0.39, 0.29) is 11.7 Å². The fourth-order valence-corrected chi connectivity index (χ4v) is 5.12. The summed E-state index contributed by atoms with van der Waals surface area (Å²) in [7, 11) is 0. The molecule has 2 aromatic carbocycles. The third kappa shape index (κ3) is 3.88. The van der Waals surface area contributed by atoms with Crippen LogP contribution >= 0.6 is 11.6 Å². The molecule has 35 heavy (non-hydrogen) atoms. The maximum atomic E-state index is 13.8. The maximum absolute atomic E-state index is 13.8. The Kier molecular flexibility index (Phi) is 5.34. The highest BCUT2D eigenvalue weighted by Gasteiger charge is 2.28. The number of benzene rings is 2. The maximum Gasteiger partial charge on any atom is 0.339 e. The number of nitrogens with zero attached hydrogens (tertiary/aromatic N) is 2. The van der Waals surface area contributed by atoms with Gasteiger partial charge >= 0.3 is 5.97 Å². The van der Waals surface area contributed by atoms with Gasteiger partial charge in [-0.1, -0.05) is 41.9 Å². The molecule has 1 saturated carbocycles. The minimum Gasteiger partial charge on any atom is -0.459 e. The SMILES string of the molecule is O=C(OC1CCCC1)c1c(-c2cc(Cl)c3[nH]ncc3c2)c(-c2ccccc2)nc2[nH]c(=O)ccc12. The number of hydrogen-bond donors (Lipinski definition) is 2. The van der Waals surface area contributed by atoms with Gasteiger partial charge in [-0.05, 0) is 49.4 Å². The summed E-state index contributed by atoms with van der Waals surface area (Å²) in [5.74, 6) is -0.438. The van der Waals surface area contributed by atoms with Gasteiger partial charge in [0.2, 0.25) is 5.56 Å². The molecule has 6 rings (SSSR count). The summed E-state index contributed by atoms with van der Waals surface area (Å²) < 4.78 is 5.98. The van der Waals surface area contributed by atoms with E-state index in [4.69, 9.17) is 21.3 Å². The standard InChI is InChI=1S/C27H21ClN4O3/c28-20-13-16(12-17-14-29-32-24(17)20)22-23(27(34)35-18-8-4-5-9-18)19-10-11-21(33)30-26(19)31-25(22)15-6-2-1-3-7-15/h1-3,6-7,10-14,18H,4-5,8-9H2,(H,29,32)(H,30,31,33). The Labute approximate surface area is 205 Å². The van der Waals surface area contributed by atoms with E-state index in [1.807, 2.05) is 36.4 Å². The van der Waals surface area contributed by atoms with Crippen molar-refractivity contribution in [2.24, 2.45) is 0 Å². The second-order valence-corrected chi connectivity index (χ2v) is 9.17. The van der Waals surface area contributed by atoms with Crippen molar-refractivity contribution < 1.29 is 9.53 Å². The minimum atomic E-state index is -0.438. The van der Waals surface area contributed by atoms with Gasteiger partial charge in [-0.15, -0.1) is 0 Å². The normalized spacial score (nSPS) is 14.1. The molecule has 0 amide bonds. The zero-order chi connectivity index (χ0) is 23.9. The summed E-state index contributed by atoms with van der Waals surface area (Å²) >= 11 is 6.60. The third-order valence-electron chi connectivity index (χ3n) is 6.49. The molecule has 1 aliphatic rings. The van der Waals surface area contributed by atoms with Crippen molar-refractivity contribution in [3.05, 3.63) is 81.7 Å². The molecule has 2 N–H and O–H groups in total. The van der Waals surface area contributed by atoms with E-state index in [2.05, 4.69) is 15.2 Å². The lowest BCUT2D eigenvalue weighted by molar-refractivity contribution is 0.0321. The van der Waals surface area contributed by atoms with Gasteiger partial charge < -0.3 is 9.72 Å². The summed E-state index contributed by atoms with van der Waals surface area (Å²) in [6.45, 7) is 0. The van der Waals surface area contributed by atoms with Crippen molar-refractivity contribution in [1.82, 2.24) is 20.2 Å². The lowest BCUT2D eigenvalue weighted by Crippen LogP contribution is -2.17. The molecule has 8 heteroatoms. The molecule has 0 atom stereocenters. The van der Waals surface area contributed by atoms with E-state index >= 15 is 0 Å². The molecule has 1 fully saturated rings. The van der Waals surface area contributed by atoms with Crippen LogP contribution < -0.4 is 5.56 Å². The number of carbonyl (C=O) groups is 1. The first kappa shape index (κ1) is 21.6. The first-order chi connectivity index (χ1) is 17.1. The smallest absolute Gasteiger partial charge is 0.339 e. The van der Waals surface area contributed by atoms with Crippen LogP contribution in [0.2, 0.25) is 5.02 Å². The number of pyridine rings is 2. The number of fused-ring (bicyclic) bond motifs is 2. The zero-order valence-electron chi connectivity index (χ0n) is 18.7. The van der Waals surface area contributed by atoms with Gasteiger partial charge in [-0.25, -0.2) is 9.78 Å². The Morgan fingerprint density at radius 3 is 2.63 bits per heavy atom. The first-order valence-electron chi connectivity index (χ1n) is 11.5. The van der Waals surface area contributed by atoms with Crippen LogP contribution in [-0.4, -0.2) is 32.2 Å². The molecule has 0 bridgehead atoms. The highest BCUT2D eigenvalue weighted by Crippen LogP contribution is 2.40. The van der Waals surface area contributed by atoms with Gasteiger partial charge in [0.1, 0.15) is 11.8 Å². The quantitative estimate of drug-likeness (QED) is 0.310. The Morgan fingerprint density at radius 2 is 1.83 bits per heavy atom. The molecule has 0 saturated heterocycles. The molecule has 0 aliphatic heterocycles. The summed E-state index contributed by atoms with van der Waals surface area (Å²) in [6.07, 6.45) is 5.34. The molecule has 0 radical (unpaired) electrons. The van der Waals surface area contributed by atoms with Crippen LogP contribution in [0.4, 0.5) is 0 Å². The molecule has 0 spiro atoms. The fourth-order valence-electron chi connectivity index (χ4n) is 4.85. The highest BCUT2D eigenvalue weighted by atomic mass is 35.5. The zero-order valence-corrected chi connectivity index (χ0v) is 19.4. The molecule has 3 heterocycles. The van der Waals surface area contributed by atoms with Crippen molar-refractivity contribution in [3.8, 4) is 22.4 Å². The Bertz CT molecular complexity index is 1640. The minimum absolute atomic E-state index is 0.124. The van der Waals surface area contributed by atoms with Crippen LogP contribution in [0.25, 0.3) is 44.3 Å². The first-order valence-corrected chi connectivity index (χ1v) is 11.9. The second kappa shape index (κ2) is 8.67. The number of esters is 1. The van der Waals surface area contributed by atoms with E-state index in [9.17, 15) is 9.59 Å². The van der Waals surface area contributed by atoms with Gasteiger partial charge in [-0.3, -0.25) is 9.89 Å². The van der Waals surface area contributed by atoms with E-state index < -0.39 is 5.97 Å². The Balaban J connectivity index is 1.70. The summed E-state index contributed by atoms with van der Waals surface area (Å²) in [5, 5.41) is 8.82. The van der Waals surface area contributed by atoms with Crippen LogP contribution in [0.5, 0.6) is 0 Å². The second-order valence-electron chi connectivity index (χ2n) is 8.77. The monoisotopic (exact) mass is 484 g/mol. The Morgan fingerprint density at radius 1 is 1.03 bits per heavy atom. The number of halogens is 1. The van der Waals surface area contributed by atoms with Crippen molar-refractivity contribution in [2.45, 2.75) is 31.8 Å². The molecule has 5 aromatic rings. The Hall–Kier alpha value is -3.97. The number of aromatic amines is 2. The number of H-pyrrole nitrogens is 2. The van der Waals surface area contributed by atoms with Crippen molar-refractivity contribution in [2.75, 3.05) is 0 Å². The molecule has 1 aliphatic carbocycles. The van der Waals surface area contributed by atoms with E-state index in [1.165, 1.54) is 6.07 Å². The number of nitrogens with one attached hydrogen (secondary N) is 2. The van der Waals surface area contributed by atoms with Gasteiger partial charge in [-0.2, -0.15) is 5.10 Å². The highest BCUT2D eigenvalue weighted by molar-refractivity contribution is 6.35. The summed E-state index contributed by atoms with van der Waals surface area (Å²) in [4.78, 5) is 33.6. The summed E-state index contributed by atoms with van der Waals surface area (Å²) in [5.41, 5.74) is 3.76. The molecule has 0 unspecified atom stereocenters. The van der Waals surface area contributed by atoms with Crippen molar-refractivity contribution >= 4 is 39.5 Å². The number of aromatic nitrogens is 4. The van der Waals surface area contributed by atoms with Crippen LogP contribution in [0.1, 0.15) is 36.0 Å². The van der Waals surface area contributed by atoms with Crippen molar-refractivity contribution in [1.29, 1.82) is 0 Å². The lowest BCUT2D eigenvalue weighted by atomic mass is 9.92. The number of carbonyl (C=O) groups excluding carboxylic acids is 1.